The normalized spacial score (nSPS) is 11.0. The van der Waals surface area contributed by atoms with E-state index in [2.05, 4.69) is 5.10 Å². The molecular weight excluding hydrogens is 245 g/mol. The molecule has 2 rings (SSSR count). The lowest BCUT2D eigenvalue weighted by Gasteiger charge is -2.06. The van der Waals surface area contributed by atoms with Gasteiger partial charge in [-0.05, 0) is 31.5 Å². The van der Waals surface area contributed by atoms with E-state index in [-0.39, 0.29) is 12.4 Å². The lowest BCUT2D eigenvalue weighted by molar-refractivity contribution is 0.305. The average molecular weight is 263 g/mol. The summed E-state index contributed by atoms with van der Waals surface area (Å²) in [7, 11) is 0. The second-order valence-electron chi connectivity index (χ2n) is 4.67. The van der Waals surface area contributed by atoms with Crippen molar-refractivity contribution in [3.63, 3.8) is 0 Å². The van der Waals surface area contributed by atoms with E-state index < -0.39 is 0 Å². The van der Waals surface area contributed by atoms with Gasteiger partial charge in [-0.1, -0.05) is 6.07 Å². The van der Waals surface area contributed by atoms with Crippen LogP contribution in [0.1, 0.15) is 31.0 Å². The first-order chi connectivity index (χ1) is 9.10. The van der Waals surface area contributed by atoms with Crippen molar-refractivity contribution in [1.82, 2.24) is 9.78 Å². The summed E-state index contributed by atoms with van der Waals surface area (Å²) in [5.41, 5.74) is 6.86. The van der Waals surface area contributed by atoms with Gasteiger partial charge in [0.2, 0.25) is 0 Å². The summed E-state index contributed by atoms with van der Waals surface area (Å²) in [6.45, 7) is 4.65. The molecule has 2 N–H and O–H groups in total. The molecule has 1 aromatic heterocycles. The zero-order valence-corrected chi connectivity index (χ0v) is 11.1. The van der Waals surface area contributed by atoms with Gasteiger partial charge >= 0.3 is 0 Å². The minimum Gasteiger partial charge on any atom is -0.486 e. The molecule has 1 heterocycles. The summed E-state index contributed by atoms with van der Waals surface area (Å²) < 4.78 is 20.7. The summed E-state index contributed by atoms with van der Waals surface area (Å²) in [6, 6.07) is 5.13. The fourth-order valence-corrected chi connectivity index (χ4v) is 1.72. The number of hydrogen-bond donors (Lipinski definition) is 1. The highest BCUT2D eigenvalue weighted by molar-refractivity contribution is 5.25. The molecule has 0 saturated heterocycles. The third-order valence-electron chi connectivity index (χ3n) is 2.84. The van der Waals surface area contributed by atoms with Crippen LogP contribution in [-0.4, -0.2) is 9.78 Å². The fraction of sp³-hybridized carbons (Fsp3) is 0.357. The van der Waals surface area contributed by atoms with Crippen molar-refractivity contribution in [3.8, 4) is 5.75 Å². The molecule has 4 nitrogen and oxygen atoms in total. The van der Waals surface area contributed by atoms with Gasteiger partial charge in [0, 0.05) is 18.2 Å². The smallest absolute Gasteiger partial charge is 0.157 e. The van der Waals surface area contributed by atoms with Crippen molar-refractivity contribution >= 4 is 0 Å². The first-order valence-corrected chi connectivity index (χ1v) is 6.24. The Kier molecular flexibility index (Phi) is 4.16. The lowest BCUT2D eigenvalue weighted by Crippen LogP contribution is -2.03. The summed E-state index contributed by atoms with van der Waals surface area (Å²) in [6.07, 6.45) is 3.52. The quantitative estimate of drug-likeness (QED) is 0.902. The van der Waals surface area contributed by atoms with Gasteiger partial charge in [-0.25, -0.2) is 4.39 Å². The number of halogens is 1. The molecule has 0 aliphatic rings. The molecule has 0 bridgehead atoms. The topological polar surface area (TPSA) is 53.1 Å². The third-order valence-corrected chi connectivity index (χ3v) is 2.84. The number of aromatic nitrogens is 2. The van der Waals surface area contributed by atoms with Gasteiger partial charge in [0.1, 0.15) is 12.4 Å². The van der Waals surface area contributed by atoms with Crippen LogP contribution in [0.15, 0.2) is 30.6 Å². The molecule has 5 heteroatoms. The average Bonchev–Trinajstić information content (AvgIpc) is 2.87. The van der Waals surface area contributed by atoms with Crippen LogP contribution in [0.5, 0.6) is 5.75 Å². The zero-order chi connectivity index (χ0) is 13.8. The molecule has 0 fully saturated rings. The van der Waals surface area contributed by atoms with Crippen molar-refractivity contribution in [2.75, 3.05) is 0 Å². The molecule has 0 radical (unpaired) electrons. The van der Waals surface area contributed by atoms with Crippen LogP contribution in [0.25, 0.3) is 0 Å². The van der Waals surface area contributed by atoms with Crippen LogP contribution in [0, 0.1) is 5.82 Å². The van der Waals surface area contributed by atoms with Crippen molar-refractivity contribution in [1.29, 1.82) is 0 Å². The van der Waals surface area contributed by atoms with E-state index in [0.717, 1.165) is 5.56 Å². The fourth-order valence-electron chi connectivity index (χ4n) is 1.72. The number of hydrogen-bond acceptors (Lipinski definition) is 3. The predicted octanol–water partition coefficient (Wildman–Crippen LogP) is 2.64. The Hall–Kier alpha value is -1.88. The number of rotatable bonds is 5. The zero-order valence-electron chi connectivity index (χ0n) is 11.1. The molecule has 2 aromatic rings. The second kappa shape index (κ2) is 5.84. The van der Waals surface area contributed by atoms with E-state index in [0.29, 0.717) is 24.0 Å². The van der Waals surface area contributed by atoms with E-state index in [4.69, 9.17) is 10.5 Å². The van der Waals surface area contributed by atoms with Crippen molar-refractivity contribution < 1.29 is 9.13 Å². The maximum absolute atomic E-state index is 13.3. The van der Waals surface area contributed by atoms with Crippen LogP contribution in [0.2, 0.25) is 0 Å². The lowest BCUT2D eigenvalue weighted by atomic mass is 10.1. The van der Waals surface area contributed by atoms with Crippen molar-refractivity contribution in [3.05, 3.63) is 47.5 Å². The van der Waals surface area contributed by atoms with Gasteiger partial charge in [-0.3, -0.25) is 4.68 Å². The Labute approximate surface area is 112 Å². The Morgan fingerprint density at radius 3 is 2.84 bits per heavy atom. The molecule has 0 aliphatic heterocycles. The molecule has 0 saturated carbocycles. The number of ether oxygens (including phenoxy) is 1. The number of nitrogens with two attached hydrogens (primary N) is 1. The van der Waals surface area contributed by atoms with Crippen molar-refractivity contribution in [2.24, 2.45) is 5.73 Å². The highest BCUT2D eigenvalue weighted by Gasteiger charge is 2.05. The van der Waals surface area contributed by atoms with Crippen LogP contribution >= 0.6 is 0 Å². The Morgan fingerprint density at radius 2 is 2.21 bits per heavy atom. The number of benzene rings is 1. The molecule has 1 aromatic carbocycles. The Bertz CT molecular complexity index is 551. The molecule has 102 valence electrons. The van der Waals surface area contributed by atoms with E-state index in [1.54, 1.807) is 18.3 Å². The molecular formula is C14H18FN3O. The van der Waals surface area contributed by atoms with Gasteiger partial charge in [0.25, 0.3) is 0 Å². The van der Waals surface area contributed by atoms with Gasteiger partial charge in [0.05, 0.1) is 12.4 Å². The summed E-state index contributed by atoms with van der Waals surface area (Å²) in [5, 5.41) is 4.19. The summed E-state index contributed by atoms with van der Waals surface area (Å²) >= 11 is 0. The first kappa shape index (κ1) is 13.5. The van der Waals surface area contributed by atoms with Crippen LogP contribution < -0.4 is 10.5 Å². The minimum atomic E-state index is -0.279. The standard InChI is InChI=1S/C14H18FN3O/c1-10(2)18-8-13(7-17-18)19-9-11-3-4-14(15)12(5-11)6-16/h3-5,7-8,10H,6,9,16H2,1-2H3. The molecule has 0 unspecified atom stereocenters. The van der Waals surface area contributed by atoms with Crippen LogP contribution in [-0.2, 0) is 13.2 Å². The van der Waals surface area contributed by atoms with Gasteiger partial charge < -0.3 is 10.5 Å². The highest BCUT2D eigenvalue weighted by atomic mass is 19.1. The van der Waals surface area contributed by atoms with Gasteiger partial charge in [-0.2, -0.15) is 5.10 Å². The molecule has 0 aliphatic carbocycles. The van der Waals surface area contributed by atoms with E-state index >= 15 is 0 Å². The predicted molar refractivity (Wildman–Crippen MR) is 71.2 cm³/mol. The largest absolute Gasteiger partial charge is 0.486 e. The molecule has 19 heavy (non-hydrogen) atoms. The maximum atomic E-state index is 13.3. The second-order valence-corrected chi connectivity index (χ2v) is 4.67. The minimum absolute atomic E-state index is 0.185. The van der Waals surface area contributed by atoms with Gasteiger partial charge in [-0.15, -0.1) is 0 Å². The molecule has 0 spiro atoms. The molecule has 0 amide bonds. The van der Waals surface area contributed by atoms with Gasteiger partial charge in [0.15, 0.2) is 5.75 Å². The van der Waals surface area contributed by atoms with Crippen LogP contribution in [0.4, 0.5) is 4.39 Å². The Morgan fingerprint density at radius 1 is 1.42 bits per heavy atom. The number of nitrogens with zero attached hydrogens (tertiary/aromatic N) is 2. The van der Waals surface area contributed by atoms with Crippen molar-refractivity contribution in [2.45, 2.75) is 33.0 Å². The monoisotopic (exact) mass is 263 g/mol. The first-order valence-electron chi connectivity index (χ1n) is 6.24. The summed E-state index contributed by atoms with van der Waals surface area (Å²) in [5.74, 6) is 0.422. The van der Waals surface area contributed by atoms with E-state index in [1.165, 1.54) is 6.07 Å². The van der Waals surface area contributed by atoms with Crippen LogP contribution in [0.3, 0.4) is 0 Å². The van der Waals surface area contributed by atoms with E-state index in [1.807, 2.05) is 24.7 Å². The maximum Gasteiger partial charge on any atom is 0.157 e. The Balaban J connectivity index is 2.01. The third kappa shape index (κ3) is 3.32. The highest BCUT2D eigenvalue weighted by Crippen LogP contribution is 2.16. The molecule has 0 atom stereocenters. The van der Waals surface area contributed by atoms with E-state index in [9.17, 15) is 4.39 Å². The SMILES string of the molecule is CC(C)n1cc(OCc2ccc(F)c(CN)c2)cn1. The summed E-state index contributed by atoms with van der Waals surface area (Å²) in [4.78, 5) is 0.